The minimum absolute atomic E-state index is 0.0484. The molecule has 3 aromatic rings. The molecule has 4 rings (SSSR count). The number of aromatic amines is 1. The molecule has 0 radical (unpaired) electrons. The fourth-order valence-electron chi connectivity index (χ4n) is 2.86. The maximum absolute atomic E-state index is 12.2. The van der Waals surface area contributed by atoms with Crippen molar-refractivity contribution in [2.45, 2.75) is 18.9 Å². The number of fused-ring (bicyclic) bond motifs is 1. The lowest BCUT2D eigenvalue weighted by atomic mass is 10.0. The highest BCUT2D eigenvalue weighted by molar-refractivity contribution is 5.91. The summed E-state index contributed by atoms with van der Waals surface area (Å²) in [5, 5.41) is 11.1. The number of H-pyrrole nitrogens is 1. The number of rotatable bonds is 3. The molecular weight excluding hydrogens is 296 g/mol. The molecular formula is C15H16N6O2. The van der Waals surface area contributed by atoms with Crippen LogP contribution in [0.5, 0.6) is 0 Å². The summed E-state index contributed by atoms with van der Waals surface area (Å²) in [5.41, 5.74) is 0.716. The molecule has 3 aromatic heterocycles. The van der Waals surface area contributed by atoms with Crippen molar-refractivity contribution >= 4 is 22.8 Å². The Bertz CT molecular complexity index is 804. The lowest BCUT2D eigenvalue weighted by molar-refractivity contribution is 0.0686. The first kappa shape index (κ1) is 13.7. The third-order valence-electron chi connectivity index (χ3n) is 4.10. The van der Waals surface area contributed by atoms with Crippen LogP contribution < -0.4 is 5.32 Å². The van der Waals surface area contributed by atoms with E-state index in [1.807, 2.05) is 4.90 Å². The van der Waals surface area contributed by atoms with E-state index in [0.717, 1.165) is 24.0 Å². The van der Waals surface area contributed by atoms with Crippen molar-refractivity contribution in [3.8, 4) is 0 Å². The number of hydrogen-bond donors (Lipinski definition) is 2. The summed E-state index contributed by atoms with van der Waals surface area (Å²) in [5.74, 6) is 1.12. The van der Waals surface area contributed by atoms with Gasteiger partial charge in [-0.15, -0.1) is 0 Å². The van der Waals surface area contributed by atoms with Crippen LogP contribution in [0.4, 0.5) is 5.82 Å². The number of likely N-dealkylation sites (tertiary alicyclic amines) is 1. The van der Waals surface area contributed by atoms with Gasteiger partial charge in [0.15, 0.2) is 11.4 Å². The summed E-state index contributed by atoms with van der Waals surface area (Å²) >= 11 is 0. The zero-order valence-electron chi connectivity index (χ0n) is 12.4. The molecule has 118 valence electrons. The van der Waals surface area contributed by atoms with Gasteiger partial charge in [0.05, 0.1) is 17.8 Å². The highest BCUT2D eigenvalue weighted by Crippen LogP contribution is 2.21. The number of furan rings is 1. The summed E-state index contributed by atoms with van der Waals surface area (Å²) in [6.07, 6.45) is 6.46. The summed E-state index contributed by atoms with van der Waals surface area (Å²) < 4.78 is 5.18. The van der Waals surface area contributed by atoms with Crippen LogP contribution in [0.3, 0.4) is 0 Å². The van der Waals surface area contributed by atoms with Gasteiger partial charge in [-0.25, -0.2) is 9.97 Å². The normalized spacial score (nSPS) is 15.9. The molecule has 8 heteroatoms. The second-order valence-electron chi connectivity index (χ2n) is 5.54. The van der Waals surface area contributed by atoms with Crippen molar-refractivity contribution in [3.63, 3.8) is 0 Å². The summed E-state index contributed by atoms with van der Waals surface area (Å²) in [6.45, 7) is 1.38. The van der Waals surface area contributed by atoms with E-state index >= 15 is 0 Å². The van der Waals surface area contributed by atoms with Crippen molar-refractivity contribution in [2.75, 3.05) is 18.4 Å². The molecule has 0 atom stereocenters. The van der Waals surface area contributed by atoms with E-state index in [1.54, 1.807) is 18.3 Å². The van der Waals surface area contributed by atoms with Crippen molar-refractivity contribution in [3.05, 3.63) is 36.7 Å². The molecule has 8 nitrogen and oxygen atoms in total. The monoisotopic (exact) mass is 312 g/mol. The molecule has 0 bridgehead atoms. The van der Waals surface area contributed by atoms with Crippen molar-refractivity contribution < 1.29 is 9.21 Å². The minimum atomic E-state index is -0.0484. The van der Waals surface area contributed by atoms with E-state index in [0.29, 0.717) is 24.5 Å². The first-order valence-electron chi connectivity index (χ1n) is 7.54. The Morgan fingerprint density at radius 1 is 1.35 bits per heavy atom. The Hall–Kier alpha value is -2.90. The number of nitrogens with zero attached hydrogens (tertiary/aromatic N) is 4. The van der Waals surface area contributed by atoms with Crippen LogP contribution in [-0.2, 0) is 0 Å². The predicted molar refractivity (Wildman–Crippen MR) is 82.9 cm³/mol. The smallest absolute Gasteiger partial charge is 0.289 e. The van der Waals surface area contributed by atoms with Crippen molar-refractivity contribution in [1.29, 1.82) is 0 Å². The largest absolute Gasteiger partial charge is 0.459 e. The average molecular weight is 312 g/mol. The van der Waals surface area contributed by atoms with Crippen LogP contribution in [-0.4, -0.2) is 50.1 Å². The first-order valence-corrected chi connectivity index (χ1v) is 7.54. The van der Waals surface area contributed by atoms with Gasteiger partial charge in [-0.2, -0.15) is 5.10 Å². The molecule has 4 heterocycles. The van der Waals surface area contributed by atoms with Gasteiger partial charge in [0.1, 0.15) is 12.1 Å². The standard InChI is InChI=1S/C15H16N6O2/c22-15(12-2-1-7-23-12)21-5-3-10(4-6-21)19-13-11-8-18-20-14(11)17-9-16-13/h1-2,7-10H,3-6H2,(H2,16,17,18,19,20). The number of piperidine rings is 1. The number of amides is 1. The number of hydrogen-bond acceptors (Lipinski definition) is 6. The van der Waals surface area contributed by atoms with Crippen molar-refractivity contribution in [1.82, 2.24) is 25.1 Å². The third-order valence-corrected chi connectivity index (χ3v) is 4.10. The van der Waals surface area contributed by atoms with E-state index < -0.39 is 0 Å². The lowest BCUT2D eigenvalue weighted by Gasteiger charge is -2.32. The van der Waals surface area contributed by atoms with Gasteiger partial charge in [0.2, 0.25) is 0 Å². The molecule has 1 aliphatic rings. The van der Waals surface area contributed by atoms with E-state index in [2.05, 4.69) is 25.5 Å². The van der Waals surface area contributed by atoms with Crippen LogP contribution >= 0.6 is 0 Å². The molecule has 23 heavy (non-hydrogen) atoms. The zero-order valence-corrected chi connectivity index (χ0v) is 12.4. The van der Waals surface area contributed by atoms with Crippen LogP contribution in [0.1, 0.15) is 23.4 Å². The topological polar surface area (TPSA) is 99.9 Å². The highest BCUT2D eigenvalue weighted by Gasteiger charge is 2.25. The van der Waals surface area contributed by atoms with E-state index in [-0.39, 0.29) is 11.9 Å². The SMILES string of the molecule is O=C(c1ccco1)N1CCC(Nc2ncnc3[nH]ncc23)CC1. The van der Waals surface area contributed by atoms with E-state index in [4.69, 9.17) is 4.42 Å². The number of carbonyl (C=O) groups excluding carboxylic acids is 1. The molecule has 1 fully saturated rings. The molecule has 0 unspecified atom stereocenters. The zero-order chi connectivity index (χ0) is 15.6. The van der Waals surface area contributed by atoms with Gasteiger partial charge in [0.25, 0.3) is 5.91 Å². The van der Waals surface area contributed by atoms with Gasteiger partial charge >= 0.3 is 0 Å². The van der Waals surface area contributed by atoms with E-state index in [9.17, 15) is 4.79 Å². The van der Waals surface area contributed by atoms with Crippen LogP contribution in [0, 0.1) is 0 Å². The Balaban J connectivity index is 1.40. The van der Waals surface area contributed by atoms with Gasteiger partial charge in [-0.1, -0.05) is 0 Å². The fourth-order valence-corrected chi connectivity index (χ4v) is 2.86. The van der Waals surface area contributed by atoms with Crippen LogP contribution in [0.25, 0.3) is 11.0 Å². The molecule has 1 saturated heterocycles. The highest BCUT2D eigenvalue weighted by atomic mass is 16.3. The van der Waals surface area contributed by atoms with Crippen molar-refractivity contribution in [2.24, 2.45) is 0 Å². The molecule has 2 N–H and O–H groups in total. The molecule has 0 spiro atoms. The molecule has 1 amide bonds. The lowest BCUT2D eigenvalue weighted by Crippen LogP contribution is -2.42. The maximum Gasteiger partial charge on any atom is 0.289 e. The second-order valence-corrected chi connectivity index (χ2v) is 5.54. The Morgan fingerprint density at radius 3 is 3.00 bits per heavy atom. The summed E-state index contributed by atoms with van der Waals surface area (Å²) in [7, 11) is 0. The number of nitrogens with one attached hydrogen (secondary N) is 2. The molecule has 0 saturated carbocycles. The number of aromatic nitrogens is 4. The fraction of sp³-hybridized carbons (Fsp3) is 0.333. The first-order chi connectivity index (χ1) is 11.3. The van der Waals surface area contributed by atoms with Crippen LogP contribution in [0.15, 0.2) is 35.3 Å². The summed E-state index contributed by atoms with van der Waals surface area (Å²) in [4.78, 5) is 22.5. The van der Waals surface area contributed by atoms with Crippen LogP contribution in [0.2, 0.25) is 0 Å². The quantitative estimate of drug-likeness (QED) is 0.763. The van der Waals surface area contributed by atoms with Gasteiger partial charge < -0.3 is 14.6 Å². The predicted octanol–water partition coefficient (Wildman–Crippen LogP) is 1.66. The Morgan fingerprint density at radius 2 is 2.22 bits per heavy atom. The van der Waals surface area contributed by atoms with Gasteiger partial charge in [0, 0.05) is 19.1 Å². The molecule has 0 aromatic carbocycles. The average Bonchev–Trinajstić information content (AvgIpc) is 3.27. The number of carbonyl (C=O) groups is 1. The Kier molecular flexibility index (Phi) is 3.41. The second kappa shape index (κ2) is 5.71. The minimum Gasteiger partial charge on any atom is -0.459 e. The molecule has 1 aliphatic heterocycles. The Labute approximate surface area is 131 Å². The number of anilines is 1. The van der Waals surface area contributed by atoms with Gasteiger partial charge in [-0.3, -0.25) is 9.89 Å². The maximum atomic E-state index is 12.2. The van der Waals surface area contributed by atoms with Gasteiger partial charge in [-0.05, 0) is 25.0 Å². The molecule has 0 aliphatic carbocycles. The summed E-state index contributed by atoms with van der Waals surface area (Å²) in [6, 6.07) is 3.69. The third kappa shape index (κ3) is 2.63. The van der Waals surface area contributed by atoms with E-state index in [1.165, 1.54) is 12.6 Å².